The average molecular weight is 482 g/mol. The number of rotatable bonds is 25. The molecule has 1 amide bonds. The molecule has 0 aliphatic rings. The van der Waals surface area contributed by atoms with E-state index in [9.17, 15) is 9.59 Å². The van der Waals surface area contributed by atoms with Gasteiger partial charge in [-0.3, -0.25) is 4.79 Å². The molecule has 0 aliphatic heterocycles. The number of aliphatic carboxylic acids is 1. The Hall–Kier alpha value is -1.36. The third-order valence-corrected chi connectivity index (χ3v) is 6.49. The van der Waals surface area contributed by atoms with Gasteiger partial charge in [0.15, 0.2) is 6.54 Å². The SMILES string of the molecule is CCCCCCCCCCCCCCCC/C=C\CCCC(=O)NCCC[N+](C)(C)CC(=O)O. The van der Waals surface area contributed by atoms with E-state index in [1.54, 1.807) is 0 Å². The van der Waals surface area contributed by atoms with Crippen molar-refractivity contribution in [3.8, 4) is 0 Å². The minimum Gasteiger partial charge on any atom is -0.477 e. The molecular weight excluding hydrogens is 424 g/mol. The first-order valence-electron chi connectivity index (χ1n) is 14.3. The Kier molecular flexibility index (Phi) is 22.4. The monoisotopic (exact) mass is 481 g/mol. The van der Waals surface area contributed by atoms with E-state index < -0.39 is 5.97 Å². The fraction of sp³-hybridized carbons (Fsp3) is 0.862. The summed E-state index contributed by atoms with van der Waals surface area (Å²) < 4.78 is 0.440. The molecule has 0 bridgehead atoms. The second kappa shape index (κ2) is 23.4. The zero-order valence-corrected chi connectivity index (χ0v) is 22.9. The number of nitrogens with zero attached hydrogens (tertiary/aromatic N) is 1. The lowest BCUT2D eigenvalue weighted by atomic mass is 10.0. The van der Waals surface area contributed by atoms with E-state index in [4.69, 9.17) is 5.11 Å². The number of carbonyl (C=O) groups is 2. The summed E-state index contributed by atoms with van der Waals surface area (Å²) in [6.45, 7) is 3.76. The molecule has 0 rings (SSSR count). The van der Waals surface area contributed by atoms with Crippen LogP contribution in [0.2, 0.25) is 0 Å². The molecule has 0 heterocycles. The largest absolute Gasteiger partial charge is 0.477 e. The van der Waals surface area contributed by atoms with E-state index in [1.807, 2.05) is 14.1 Å². The Morgan fingerprint density at radius 3 is 1.68 bits per heavy atom. The van der Waals surface area contributed by atoms with Gasteiger partial charge in [-0.1, -0.05) is 103 Å². The third-order valence-electron chi connectivity index (χ3n) is 6.49. The molecule has 0 aromatic rings. The van der Waals surface area contributed by atoms with Crippen LogP contribution in [0, 0.1) is 0 Å². The predicted octanol–water partition coefficient (Wildman–Crippen LogP) is 7.25. The van der Waals surface area contributed by atoms with Gasteiger partial charge < -0.3 is 14.9 Å². The van der Waals surface area contributed by atoms with Gasteiger partial charge in [0.05, 0.1) is 20.6 Å². The summed E-state index contributed by atoms with van der Waals surface area (Å²) in [5.74, 6) is -0.685. The molecule has 0 saturated heterocycles. The molecule has 0 fully saturated rings. The molecule has 0 unspecified atom stereocenters. The zero-order chi connectivity index (χ0) is 25.3. The standard InChI is InChI=1S/C29H56N2O3/c1-4-5-6-7-8-9-10-11-12-13-14-15-16-17-18-19-20-21-22-24-28(32)30-25-23-26-31(2,3)27-29(33)34/h19-20H,4-18,21-27H2,1-3H3,(H-,30,32,33,34)/p+1/b20-19-. The van der Waals surface area contributed by atoms with Gasteiger partial charge >= 0.3 is 5.97 Å². The third kappa shape index (κ3) is 25.3. The van der Waals surface area contributed by atoms with Crippen molar-refractivity contribution in [2.45, 2.75) is 129 Å². The van der Waals surface area contributed by atoms with Gasteiger partial charge in [-0.25, -0.2) is 4.79 Å². The van der Waals surface area contributed by atoms with Crippen LogP contribution < -0.4 is 5.32 Å². The average Bonchev–Trinajstić information content (AvgIpc) is 2.77. The molecule has 5 heteroatoms. The summed E-state index contributed by atoms with van der Waals surface area (Å²) in [5, 5.41) is 11.8. The summed E-state index contributed by atoms with van der Waals surface area (Å²) in [4.78, 5) is 22.7. The molecule has 0 saturated carbocycles. The zero-order valence-electron chi connectivity index (χ0n) is 22.9. The lowest BCUT2D eigenvalue weighted by molar-refractivity contribution is -0.883. The molecular formula is C29H57N2O3+. The number of carboxylic acid groups (broad SMARTS) is 1. The van der Waals surface area contributed by atoms with Crippen molar-refractivity contribution < 1.29 is 19.2 Å². The number of likely N-dealkylation sites (N-methyl/N-ethyl adjacent to an activating group) is 1. The molecule has 200 valence electrons. The van der Waals surface area contributed by atoms with Crippen LogP contribution >= 0.6 is 0 Å². The topological polar surface area (TPSA) is 66.4 Å². The number of amides is 1. The van der Waals surface area contributed by atoms with Crippen LogP contribution in [-0.4, -0.2) is 55.2 Å². The van der Waals surface area contributed by atoms with Crippen molar-refractivity contribution in [2.75, 3.05) is 33.7 Å². The highest BCUT2D eigenvalue weighted by Gasteiger charge is 2.18. The first-order chi connectivity index (χ1) is 16.4. The molecule has 5 nitrogen and oxygen atoms in total. The maximum Gasteiger partial charge on any atom is 0.359 e. The minimum absolute atomic E-state index is 0.101. The number of unbranched alkanes of at least 4 members (excludes halogenated alkanes) is 15. The number of nitrogens with one attached hydrogen (secondary N) is 1. The van der Waals surface area contributed by atoms with Gasteiger partial charge in [0.1, 0.15) is 0 Å². The highest BCUT2D eigenvalue weighted by molar-refractivity contribution is 5.75. The summed E-state index contributed by atoms with van der Waals surface area (Å²) in [5.41, 5.74) is 0. The number of carboxylic acids is 1. The van der Waals surface area contributed by atoms with Gasteiger partial charge in [0, 0.05) is 19.4 Å². The molecule has 0 spiro atoms. The van der Waals surface area contributed by atoms with Crippen molar-refractivity contribution in [1.29, 1.82) is 0 Å². The van der Waals surface area contributed by atoms with Crippen LogP contribution in [0.5, 0.6) is 0 Å². The van der Waals surface area contributed by atoms with Crippen molar-refractivity contribution in [3.05, 3.63) is 12.2 Å². The minimum atomic E-state index is -0.786. The van der Waals surface area contributed by atoms with Gasteiger partial charge in [-0.2, -0.15) is 0 Å². The summed E-state index contributed by atoms with van der Waals surface area (Å²) in [7, 11) is 3.81. The Balaban J connectivity index is 3.35. The quantitative estimate of drug-likeness (QED) is 0.0819. The van der Waals surface area contributed by atoms with E-state index >= 15 is 0 Å². The van der Waals surface area contributed by atoms with Crippen LogP contribution in [0.4, 0.5) is 0 Å². The van der Waals surface area contributed by atoms with Crippen molar-refractivity contribution in [1.82, 2.24) is 5.32 Å². The van der Waals surface area contributed by atoms with E-state index in [0.717, 1.165) is 32.2 Å². The molecule has 0 aromatic heterocycles. The highest BCUT2D eigenvalue weighted by atomic mass is 16.4. The lowest BCUT2D eigenvalue weighted by Gasteiger charge is -2.27. The smallest absolute Gasteiger partial charge is 0.359 e. The van der Waals surface area contributed by atoms with Crippen LogP contribution in [-0.2, 0) is 9.59 Å². The second-order valence-electron chi connectivity index (χ2n) is 10.7. The first kappa shape index (κ1) is 32.6. The summed E-state index contributed by atoms with van der Waals surface area (Å²) >= 11 is 0. The maximum atomic E-state index is 11.9. The van der Waals surface area contributed by atoms with E-state index in [1.165, 1.54) is 89.9 Å². The number of quaternary nitrogens is 1. The van der Waals surface area contributed by atoms with E-state index in [2.05, 4.69) is 24.4 Å². The van der Waals surface area contributed by atoms with E-state index in [-0.39, 0.29) is 12.5 Å². The predicted molar refractivity (Wildman–Crippen MR) is 145 cm³/mol. The fourth-order valence-electron chi connectivity index (χ4n) is 4.34. The molecule has 0 aliphatic carbocycles. The maximum absolute atomic E-state index is 11.9. The number of hydrogen-bond donors (Lipinski definition) is 2. The summed E-state index contributed by atoms with van der Waals surface area (Å²) in [6, 6.07) is 0. The fourth-order valence-corrected chi connectivity index (χ4v) is 4.34. The molecule has 0 radical (unpaired) electrons. The van der Waals surface area contributed by atoms with Gasteiger partial charge in [0.2, 0.25) is 5.91 Å². The number of carbonyl (C=O) groups excluding carboxylic acids is 1. The molecule has 34 heavy (non-hydrogen) atoms. The van der Waals surface area contributed by atoms with Crippen molar-refractivity contribution >= 4 is 11.9 Å². The first-order valence-corrected chi connectivity index (χ1v) is 14.3. The van der Waals surface area contributed by atoms with Crippen molar-refractivity contribution in [2.24, 2.45) is 0 Å². The van der Waals surface area contributed by atoms with Crippen LogP contribution in [0.15, 0.2) is 12.2 Å². The van der Waals surface area contributed by atoms with Gasteiger partial charge in [-0.05, 0) is 25.7 Å². The Morgan fingerprint density at radius 2 is 1.18 bits per heavy atom. The Bertz CT molecular complexity index is 518. The number of hydrogen-bond acceptors (Lipinski definition) is 2. The van der Waals surface area contributed by atoms with E-state index in [0.29, 0.717) is 17.4 Å². The molecule has 0 atom stereocenters. The highest BCUT2D eigenvalue weighted by Crippen LogP contribution is 2.13. The summed E-state index contributed by atoms with van der Waals surface area (Å²) in [6.07, 6.45) is 28.5. The van der Waals surface area contributed by atoms with Gasteiger partial charge in [0.25, 0.3) is 0 Å². The molecule has 2 N–H and O–H groups in total. The van der Waals surface area contributed by atoms with Crippen molar-refractivity contribution in [3.63, 3.8) is 0 Å². The Labute approximate surface area is 211 Å². The van der Waals surface area contributed by atoms with Gasteiger partial charge in [-0.15, -0.1) is 0 Å². The van der Waals surface area contributed by atoms with Crippen LogP contribution in [0.25, 0.3) is 0 Å². The molecule has 0 aromatic carbocycles. The van der Waals surface area contributed by atoms with Crippen LogP contribution in [0.1, 0.15) is 129 Å². The second-order valence-corrected chi connectivity index (χ2v) is 10.7. The number of allylic oxidation sites excluding steroid dienone is 2. The van der Waals surface area contributed by atoms with Crippen LogP contribution in [0.3, 0.4) is 0 Å². The lowest BCUT2D eigenvalue weighted by Crippen LogP contribution is -2.45. The normalized spacial score (nSPS) is 11.9. The Morgan fingerprint density at radius 1 is 0.706 bits per heavy atom.